The molecular weight excluding hydrogens is 390 g/mol. The minimum Gasteiger partial charge on any atom is -0.325 e. The molecule has 0 aromatic heterocycles. The lowest BCUT2D eigenvalue weighted by Crippen LogP contribution is -2.70. The van der Waals surface area contributed by atoms with Crippen LogP contribution in [0, 0.1) is 5.92 Å². The van der Waals surface area contributed by atoms with E-state index in [1.165, 1.54) is 18.4 Å². The van der Waals surface area contributed by atoms with E-state index in [4.69, 9.17) is 0 Å². The fourth-order valence-corrected chi connectivity index (χ4v) is 5.13. The number of carbonyl (C=O) groups is 2. The van der Waals surface area contributed by atoms with Crippen LogP contribution in [0.4, 0.5) is 5.69 Å². The fraction of sp³-hybridized carbons (Fsp3) is 0.625. The van der Waals surface area contributed by atoms with Crippen LogP contribution < -0.4 is 10.7 Å². The van der Waals surface area contributed by atoms with E-state index >= 15 is 0 Å². The van der Waals surface area contributed by atoms with Crippen LogP contribution >= 0.6 is 0 Å². The molecule has 0 spiro atoms. The summed E-state index contributed by atoms with van der Waals surface area (Å²) in [5.41, 5.74) is 5.10. The van der Waals surface area contributed by atoms with Crippen molar-refractivity contribution in [3.05, 3.63) is 29.8 Å². The summed E-state index contributed by atoms with van der Waals surface area (Å²) in [4.78, 5) is 30.2. The zero-order chi connectivity index (χ0) is 22.0. The number of benzene rings is 1. The van der Waals surface area contributed by atoms with Crippen molar-refractivity contribution in [1.82, 2.24) is 15.2 Å². The number of hydrazone groups is 1. The first-order valence-electron chi connectivity index (χ1n) is 11.8. The van der Waals surface area contributed by atoms with Gasteiger partial charge < -0.3 is 15.1 Å². The summed E-state index contributed by atoms with van der Waals surface area (Å²) in [5.74, 6) is 1.02. The number of hydrogen-bond donors (Lipinski definition) is 2. The molecule has 1 saturated carbocycles. The van der Waals surface area contributed by atoms with Gasteiger partial charge in [0.15, 0.2) is 6.17 Å². The van der Waals surface area contributed by atoms with Crippen molar-refractivity contribution in [3.63, 3.8) is 0 Å². The number of piperazine rings is 1. The standard InChI is InChI=1S/C24H35N5O2/c1-4-5-8-17-11-13-18(14-12-17)25-21(30)15-28-19-9-6-7-10-20(19)29-22(16(2)3)26-27-23(29)24(28)31/h11-14,16,19-20,23,27H,4-10,15H2,1-3H3,(H,25,30). The molecule has 3 unspecified atom stereocenters. The lowest BCUT2D eigenvalue weighted by Gasteiger charge is -2.51. The van der Waals surface area contributed by atoms with Gasteiger partial charge in [-0.15, -0.1) is 0 Å². The average molecular weight is 426 g/mol. The molecule has 1 aliphatic carbocycles. The Morgan fingerprint density at radius 3 is 2.58 bits per heavy atom. The highest BCUT2D eigenvalue weighted by atomic mass is 16.2. The maximum Gasteiger partial charge on any atom is 0.268 e. The Morgan fingerprint density at radius 2 is 1.90 bits per heavy atom. The Labute approximate surface area is 185 Å². The van der Waals surface area contributed by atoms with Crippen molar-refractivity contribution in [1.29, 1.82) is 0 Å². The van der Waals surface area contributed by atoms with Crippen molar-refractivity contribution in [2.45, 2.75) is 84.0 Å². The van der Waals surface area contributed by atoms with Crippen LogP contribution in [0.25, 0.3) is 0 Å². The molecular formula is C24H35N5O2. The summed E-state index contributed by atoms with van der Waals surface area (Å²) in [6.45, 7) is 6.49. The van der Waals surface area contributed by atoms with Gasteiger partial charge in [0.1, 0.15) is 12.4 Å². The van der Waals surface area contributed by atoms with Gasteiger partial charge in [0.05, 0.1) is 12.1 Å². The number of amides is 2. The van der Waals surface area contributed by atoms with Crippen LogP contribution in [0.2, 0.25) is 0 Å². The maximum atomic E-state index is 13.3. The van der Waals surface area contributed by atoms with Crippen LogP contribution in [-0.4, -0.2) is 52.2 Å². The maximum absolute atomic E-state index is 13.3. The number of nitrogens with zero attached hydrogens (tertiary/aromatic N) is 3. The number of amidine groups is 1. The van der Waals surface area contributed by atoms with Crippen molar-refractivity contribution < 1.29 is 9.59 Å². The van der Waals surface area contributed by atoms with Gasteiger partial charge in [-0.3, -0.25) is 15.0 Å². The lowest BCUT2D eigenvalue weighted by molar-refractivity contribution is -0.151. The molecule has 168 valence electrons. The Morgan fingerprint density at radius 1 is 1.19 bits per heavy atom. The minimum absolute atomic E-state index is 0.0485. The zero-order valence-electron chi connectivity index (χ0n) is 18.9. The number of hydrogen-bond acceptors (Lipinski definition) is 5. The molecule has 0 bridgehead atoms. The molecule has 7 heteroatoms. The van der Waals surface area contributed by atoms with Crippen molar-refractivity contribution in [2.24, 2.45) is 11.0 Å². The van der Waals surface area contributed by atoms with Crippen molar-refractivity contribution >= 4 is 23.3 Å². The molecule has 2 amide bonds. The molecule has 31 heavy (non-hydrogen) atoms. The minimum atomic E-state index is -0.484. The summed E-state index contributed by atoms with van der Waals surface area (Å²) in [6.07, 6.45) is 7.11. The number of rotatable bonds is 7. The molecule has 7 nitrogen and oxygen atoms in total. The van der Waals surface area contributed by atoms with E-state index in [1.54, 1.807) is 4.90 Å². The third-order valence-corrected chi connectivity index (χ3v) is 6.70. The van der Waals surface area contributed by atoms with Gasteiger partial charge in [-0.2, -0.15) is 5.10 Å². The Bertz CT molecular complexity index is 835. The highest BCUT2D eigenvalue weighted by Gasteiger charge is 2.51. The molecule has 2 heterocycles. The third kappa shape index (κ3) is 4.41. The number of fused-ring (bicyclic) bond motifs is 3. The molecule has 2 N–H and O–H groups in total. The van der Waals surface area contributed by atoms with Crippen LogP contribution in [0.1, 0.15) is 64.9 Å². The number of unbranched alkanes of at least 4 members (excludes halogenated alkanes) is 1. The highest BCUT2D eigenvalue weighted by molar-refractivity contribution is 5.98. The monoisotopic (exact) mass is 425 g/mol. The predicted octanol–water partition coefficient (Wildman–Crippen LogP) is 3.32. The van der Waals surface area contributed by atoms with Crippen LogP contribution in [0.3, 0.4) is 0 Å². The van der Waals surface area contributed by atoms with Crippen LogP contribution in [-0.2, 0) is 16.0 Å². The van der Waals surface area contributed by atoms with E-state index in [0.717, 1.165) is 43.6 Å². The molecule has 1 aromatic rings. The summed E-state index contributed by atoms with van der Waals surface area (Å²) >= 11 is 0. The number of nitrogens with one attached hydrogen (secondary N) is 2. The summed E-state index contributed by atoms with van der Waals surface area (Å²) in [6, 6.07) is 8.32. The molecule has 1 aromatic carbocycles. The Kier molecular flexibility index (Phi) is 6.49. The first-order valence-corrected chi connectivity index (χ1v) is 11.8. The molecule has 3 aliphatic rings. The topological polar surface area (TPSA) is 77.0 Å². The predicted molar refractivity (Wildman–Crippen MR) is 122 cm³/mol. The van der Waals surface area contributed by atoms with Crippen molar-refractivity contribution in [2.75, 3.05) is 11.9 Å². The summed E-state index contributed by atoms with van der Waals surface area (Å²) in [5, 5.41) is 7.46. The summed E-state index contributed by atoms with van der Waals surface area (Å²) in [7, 11) is 0. The van der Waals surface area contributed by atoms with E-state index < -0.39 is 6.17 Å². The molecule has 4 rings (SSSR count). The molecule has 2 fully saturated rings. The first kappa shape index (κ1) is 21.7. The third-order valence-electron chi connectivity index (χ3n) is 6.70. The largest absolute Gasteiger partial charge is 0.325 e. The zero-order valence-corrected chi connectivity index (χ0v) is 18.9. The van der Waals surface area contributed by atoms with E-state index in [-0.39, 0.29) is 36.4 Å². The van der Waals surface area contributed by atoms with Gasteiger partial charge >= 0.3 is 0 Å². The fourth-order valence-electron chi connectivity index (χ4n) is 5.13. The second-order valence-corrected chi connectivity index (χ2v) is 9.30. The number of anilines is 1. The Hall–Kier alpha value is -2.57. The SMILES string of the molecule is CCCCc1ccc(NC(=O)CN2C(=O)C3NN=C(C(C)C)N3C3CCCCC32)cc1. The quantitative estimate of drug-likeness (QED) is 0.703. The Balaban J connectivity index is 1.44. The van der Waals surface area contributed by atoms with Crippen LogP contribution in [0.15, 0.2) is 29.4 Å². The molecule has 3 atom stereocenters. The lowest BCUT2D eigenvalue weighted by atomic mass is 9.85. The average Bonchev–Trinajstić information content (AvgIpc) is 3.22. The van der Waals surface area contributed by atoms with E-state index in [0.29, 0.717) is 0 Å². The highest BCUT2D eigenvalue weighted by Crippen LogP contribution is 2.35. The van der Waals surface area contributed by atoms with Gasteiger partial charge in [-0.1, -0.05) is 52.2 Å². The molecule has 1 saturated heterocycles. The van der Waals surface area contributed by atoms with E-state index in [2.05, 4.69) is 53.6 Å². The summed E-state index contributed by atoms with van der Waals surface area (Å²) < 4.78 is 0. The van der Waals surface area contributed by atoms with Gasteiger partial charge in [0.2, 0.25) is 5.91 Å². The number of carbonyl (C=O) groups excluding carboxylic acids is 2. The van der Waals surface area contributed by atoms with E-state index in [1.807, 2.05) is 12.1 Å². The van der Waals surface area contributed by atoms with Gasteiger partial charge in [-0.25, -0.2) is 0 Å². The van der Waals surface area contributed by atoms with Gasteiger partial charge in [-0.05, 0) is 43.4 Å². The normalized spacial score (nSPS) is 25.1. The molecule has 0 radical (unpaired) electrons. The second-order valence-electron chi connectivity index (χ2n) is 9.30. The number of aryl methyl sites for hydroxylation is 1. The van der Waals surface area contributed by atoms with Gasteiger partial charge in [0.25, 0.3) is 5.91 Å². The van der Waals surface area contributed by atoms with Crippen LogP contribution in [0.5, 0.6) is 0 Å². The van der Waals surface area contributed by atoms with E-state index in [9.17, 15) is 9.59 Å². The van der Waals surface area contributed by atoms with Gasteiger partial charge in [0, 0.05) is 11.6 Å². The first-order chi connectivity index (χ1) is 15.0. The smallest absolute Gasteiger partial charge is 0.268 e. The van der Waals surface area contributed by atoms with Crippen molar-refractivity contribution in [3.8, 4) is 0 Å². The molecule has 2 aliphatic heterocycles. The second kappa shape index (κ2) is 9.28.